The van der Waals surface area contributed by atoms with Crippen LogP contribution in [0, 0.1) is 12.8 Å². The van der Waals surface area contributed by atoms with Crippen molar-refractivity contribution >= 4 is 12.2 Å². The van der Waals surface area contributed by atoms with E-state index in [1.54, 1.807) is 6.08 Å². The number of nitrogens with zero attached hydrogens (tertiary/aromatic N) is 1. The lowest BCUT2D eigenvalue weighted by atomic mass is 9.91. The van der Waals surface area contributed by atoms with Crippen molar-refractivity contribution < 1.29 is 4.74 Å². The zero-order valence-corrected chi connectivity index (χ0v) is 21.4. The molecule has 1 aromatic heterocycles. The van der Waals surface area contributed by atoms with Gasteiger partial charge in [0.25, 0.3) is 5.56 Å². The summed E-state index contributed by atoms with van der Waals surface area (Å²) in [4.78, 5) is 19.5. The van der Waals surface area contributed by atoms with Crippen LogP contribution in [0.1, 0.15) is 75.6 Å². The van der Waals surface area contributed by atoms with E-state index in [9.17, 15) is 4.79 Å². The highest BCUT2D eigenvalue weighted by molar-refractivity contribution is 5.33. The molecular formula is C30H38N2O2. The smallest absolute Gasteiger partial charge is 0.302 e. The molecule has 1 atom stereocenters. The summed E-state index contributed by atoms with van der Waals surface area (Å²) >= 11 is 0. The maximum Gasteiger partial charge on any atom is 0.302 e. The topological polar surface area (TPSA) is 55.0 Å². The Bertz CT molecular complexity index is 1270. The van der Waals surface area contributed by atoms with Gasteiger partial charge in [0.2, 0.25) is 0 Å². The standard InChI is InChI=1S/C30H38N2O2/c1-7-9-28-27(8-2)29(33)32-30(31-28)34-26-16-12-23(13-17-26)18-21(5)10-14-25-19-24(20(3)4)15-11-22(25)6/h8-9,11-13,15-17,19-21H,7,10,14,18H2,1-6H3,(H,31,32,33)/b27-8+,28-9+. The lowest BCUT2D eigenvalue weighted by Crippen LogP contribution is -2.42. The number of rotatable bonds is 9. The summed E-state index contributed by atoms with van der Waals surface area (Å²) in [7, 11) is 0. The number of H-pyrrole nitrogens is 1. The molecule has 3 aromatic rings. The summed E-state index contributed by atoms with van der Waals surface area (Å²) in [5.74, 6) is 1.80. The predicted molar refractivity (Wildman–Crippen MR) is 142 cm³/mol. The average molecular weight is 459 g/mol. The normalized spacial score (nSPS) is 13.5. The molecule has 0 aliphatic heterocycles. The molecule has 180 valence electrons. The highest BCUT2D eigenvalue weighted by atomic mass is 16.5. The molecule has 0 fully saturated rings. The van der Waals surface area contributed by atoms with Crippen molar-refractivity contribution in [2.75, 3.05) is 0 Å². The van der Waals surface area contributed by atoms with Gasteiger partial charge >= 0.3 is 6.01 Å². The number of hydrogen-bond donors (Lipinski definition) is 1. The molecule has 0 spiro atoms. The molecule has 3 rings (SSSR count). The van der Waals surface area contributed by atoms with Crippen molar-refractivity contribution in [1.82, 2.24) is 9.97 Å². The summed E-state index contributed by atoms with van der Waals surface area (Å²) in [5, 5.41) is 1.23. The van der Waals surface area contributed by atoms with E-state index in [1.165, 1.54) is 22.3 Å². The van der Waals surface area contributed by atoms with Crippen LogP contribution in [0.4, 0.5) is 0 Å². The predicted octanol–water partition coefficient (Wildman–Crippen LogP) is 5.80. The minimum atomic E-state index is -0.188. The fraction of sp³-hybridized carbons (Fsp3) is 0.400. The Morgan fingerprint density at radius 2 is 1.82 bits per heavy atom. The molecule has 1 unspecified atom stereocenters. The molecule has 0 bridgehead atoms. The first-order valence-electron chi connectivity index (χ1n) is 12.4. The van der Waals surface area contributed by atoms with Gasteiger partial charge in [0.05, 0.1) is 10.6 Å². The third-order valence-corrected chi connectivity index (χ3v) is 6.32. The minimum absolute atomic E-state index is 0.188. The van der Waals surface area contributed by atoms with Crippen LogP contribution in [0.2, 0.25) is 0 Å². The van der Waals surface area contributed by atoms with Crippen LogP contribution in [-0.4, -0.2) is 9.97 Å². The second-order valence-electron chi connectivity index (χ2n) is 9.51. The van der Waals surface area contributed by atoms with Crippen molar-refractivity contribution in [2.24, 2.45) is 5.92 Å². The van der Waals surface area contributed by atoms with Gasteiger partial charge in [-0.2, -0.15) is 4.98 Å². The van der Waals surface area contributed by atoms with Crippen LogP contribution >= 0.6 is 0 Å². The van der Waals surface area contributed by atoms with Gasteiger partial charge in [0.15, 0.2) is 0 Å². The van der Waals surface area contributed by atoms with Crippen molar-refractivity contribution in [2.45, 2.75) is 73.1 Å². The summed E-state index contributed by atoms with van der Waals surface area (Å²) in [5.41, 5.74) is 5.36. The van der Waals surface area contributed by atoms with E-state index >= 15 is 0 Å². The first-order chi connectivity index (χ1) is 16.3. The third-order valence-electron chi connectivity index (χ3n) is 6.32. The number of aromatic nitrogens is 2. The van der Waals surface area contributed by atoms with Crippen LogP contribution < -0.4 is 20.9 Å². The third kappa shape index (κ3) is 6.69. The zero-order valence-electron chi connectivity index (χ0n) is 21.4. The first kappa shape index (κ1) is 25.5. The van der Waals surface area contributed by atoms with Gasteiger partial charge in [-0.15, -0.1) is 0 Å². The first-order valence-corrected chi connectivity index (χ1v) is 12.4. The van der Waals surface area contributed by atoms with Gasteiger partial charge in [-0.05, 0) is 85.8 Å². The van der Waals surface area contributed by atoms with Gasteiger partial charge in [-0.1, -0.05) is 70.2 Å². The average Bonchev–Trinajstić information content (AvgIpc) is 2.80. The van der Waals surface area contributed by atoms with Crippen LogP contribution in [0.5, 0.6) is 11.8 Å². The molecule has 2 aromatic carbocycles. The number of ether oxygens (including phenoxy) is 1. The molecule has 4 nitrogen and oxygen atoms in total. The van der Waals surface area contributed by atoms with Crippen molar-refractivity contribution in [3.8, 4) is 11.8 Å². The Hall–Kier alpha value is -3.14. The summed E-state index contributed by atoms with van der Waals surface area (Å²) < 4.78 is 5.85. The molecule has 0 saturated carbocycles. The van der Waals surface area contributed by atoms with E-state index in [0.29, 0.717) is 28.2 Å². The Morgan fingerprint density at radius 3 is 2.47 bits per heavy atom. The SMILES string of the molecule is C/C=c1/c(=O)[nH]c(Oc2ccc(CC(C)CCc3cc(C(C)C)ccc3C)cc2)n/c1=C/CC. The van der Waals surface area contributed by atoms with Crippen LogP contribution in [0.15, 0.2) is 47.3 Å². The van der Waals surface area contributed by atoms with E-state index in [-0.39, 0.29) is 11.6 Å². The van der Waals surface area contributed by atoms with Gasteiger partial charge in [-0.3, -0.25) is 9.78 Å². The van der Waals surface area contributed by atoms with E-state index in [2.05, 4.69) is 68.0 Å². The van der Waals surface area contributed by atoms with E-state index in [4.69, 9.17) is 4.74 Å². The van der Waals surface area contributed by atoms with Crippen molar-refractivity contribution in [1.29, 1.82) is 0 Å². The Morgan fingerprint density at radius 1 is 1.09 bits per heavy atom. The molecule has 4 heteroatoms. The number of nitrogens with one attached hydrogen (secondary N) is 1. The maximum absolute atomic E-state index is 12.3. The van der Waals surface area contributed by atoms with Crippen molar-refractivity contribution in [3.63, 3.8) is 0 Å². The van der Waals surface area contributed by atoms with Gasteiger partial charge in [-0.25, -0.2) is 0 Å². The second-order valence-corrected chi connectivity index (χ2v) is 9.51. The van der Waals surface area contributed by atoms with Gasteiger partial charge < -0.3 is 4.74 Å². The quantitative estimate of drug-likeness (QED) is 0.441. The number of aryl methyl sites for hydroxylation is 2. The maximum atomic E-state index is 12.3. The molecule has 0 aliphatic carbocycles. The highest BCUT2D eigenvalue weighted by Crippen LogP contribution is 2.23. The van der Waals surface area contributed by atoms with Crippen LogP contribution in [0.3, 0.4) is 0 Å². The summed E-state index contributed by atoms with van der Waals surface area (Å²) in [6, 6.07) is 15.2. The van der Waals surface area contributed by atoms with E-state index in [1.807, 2.05) is 32.1 Å². The Labute approximate surface area is 203 Å². The van der Waals surface area contributed by atoms with Gasteiger partial charge in [0, 0.05) is 0 Å². The highest BCUT2D eigenvalue weighted by Gasteiger charge is 2.09. The molecule has 34 heavy (non-hydrogen) atoms. The molecule has 1 heterocycles. The summed E-state index contributed by atoms with van der Waals surface area (Å²) in [6.45, 7) is 12.9. The Kier molecular flexibility index (Phi) is 8.86. The number of aromatic amines is 1. The molecule has 1 N–H and O–H groups in total. The monoisotopic (exact) mass is 458 g/mol. The molecule has 0 amide bonds. The lowest BCUT2D eigenvalue weighted by Gasteiger charge is -2.15. The lowest BCUT2D eigenvalue weighted by molar-refractivity contribution is 0.437. The summed E-state index contributed by atoms with van der Waals surface area (Å²) in [6.07, 6.45) is 7.79. The van der Waals surface area contributed by atoms with E-state index < -0.39 is 0 Å². The van der Waals surface area contributed by atoms with Crippen molar-refractivity contribution in [3.05, 3.63) is 85.6 Å². The van der Waals surface area contributed by atoms with E-state index in [0.717, 1.165) is 25.7 Å². The molecule has 0 aliphatic rings. The number of benzene rings is 2. The zero-order chi connectivity index (χ0) is 24.7. The van der Waals surface area contributed by atoms with Crippen LogP contribution in [-0.2, 0) is 12.8 Å². The Balaban J connectivity index is 1.63. The number of hydrogen-bond acceptors (Lipinski definition) is 3. The fourth-order valence-corrected chi connectivity index (χ4v) is 4.19. The second kappa shape index (κ2) is 11.8. The minimum Gasteiger partial charge on any atom is -0.426 e. The largest absolute Gasteiger partial charge is 0.426 e. The van der Waals surface area contributed by atoms with Crippen LogP contribution in [0.25, 0.3) is 12.2 Å². The molecular weight excluding hydrogens is 420 g/mol. The molecule has 0 radical (unpaired) electrons. The molecule has 0 saturated heterocycles. The van der Waals surface area contributed by atoms with Gasteiger partial charge in [0.1, 0.15) is 5.75 Å². The fourth-order valence-electron chi connectivity index (χ4n) is 4.19.